The van der Waals surface area contributed by atoms with Crippen LogP contribution in [0.3, 0.4) is 0 Å². The second-order valence-electron chi connectivity index (χ2n) is 3.76. The lowest BCUT2D eigenvalue weighted by molar-refractivity contribution is -0.137. The van der Waals surface area contributed by atoms with Crippen molar-refractivity contribution >= 4 is 17.7 Å². The van der Waals surface area contributed by atoms with Crippen LogP contribution in [0.2, 0.25) is 0 Å². The van der Waals surface area contributed by atoms with Gasteiger partial charge >= 0.3 is 5.97 Å². The summed E-state index contributed by atoms with van der Waals surface area (Å²) in [5.41, 5.74) is 0. The van der Waals surface area contributed by atoms with Crippen LogP contribution in [-0.2, 0) is 4.79 Å². The van der Waals surface area contributed by atoms with E-state index in [1.54, 1.807) is 24.4 Å². The highest BCUT2D eigenvalue weighted by Gasteiger charge is 2.22. The van der Waals surface area contributed by atoms with Gasteiger partial charge in [-0.15, -0.1) is 0 Å². The van der Waals surface area contributed by atoms with Crippen molar-refractivity contribution in [3.8, 4) is 11.8 Å². The first-order chi connectivity index (χ1) is 9.08. The number of aliphatic carboxylic acids is 1. The van der Waals surface area contributed by atoms with E-state index in [1.807, 2.05) is 0 Å². The third kappa shape index (κ3) is 3.19. The lowest BCUT2D eigenvalue weighted by Gasteiger charge is -2.17. The van der Waals surface area contributed by atoms with Gasteiger partial charge in [0.15, 0.2) is 11.8 Å². The molecule has 2 aromatic rings. The Balaban J connectivity index is 2.29. The number of nitrogens with zero attached hydrogens (tertiary/aromatic N) is 2. The van der Waals surface area contributed by atoms with Crippen molar-refractivity contribution in [1.82, 2.24) is 9.55 Å². The van der Waals surface area contributed by atoms with Crippen molar-refractivity contribution in [2.24, 2.45) is 0 Å². The summed E-state index contributed by atoms with van der Waals surface area (Å²) in [4.78, 5) is 15.0. The van der Waals surface area contributed by atoms with Gasteiger partial charge in [-0.3, -0.25) is 9.36 Å². The van der Waals surface area contributed by atoms with Gasteiger partial charge in [-0.05, 0) is 12.1 Å². The molecule has 0 aromatic carbocycles. The summed E-state index contributed by atoms with van der Waals surface area (Å²) in [6.07, 6.45) is 1.34. The van der Waals surface area contributed by atoms with Crippen molar-refractivity contribution < 1.29 is 20.1 Å². The van der Waals surface area contributed by atoms with Crippen LogP contribution in [0.1, 0.15) is 11.8 Å². The van der Waals surface area contributed by atoms with Gasteiger partial charge in [0, 0.05) is 18.3 Å². The third-order valence-corrected chi connectivity index (χ3v) is 3.54. The molecular formula is C12H12N2O4S. The maximum Gasteiger partial charge on any atom is 0.306 e. The van der Waals surface area contributed by atoms with Crippen LogP contribution < -0.4 is 0 Å². The fourth-order valence-corrected chi connectivity index (χ4v) is 2.72. The fraction of sp³-hybridized carbons (Fsp3) is 0.167. The Kier molecular flexibility index (Phi) is 3.96. The first-order valence-corrected chi connectivity index (χ1v) is 6.34. The number of hydrogen-bond donors (Lipinski definition) is 3. The van der Waals surface area contributed by atoms with Crippen molar-refractivity contribution in [3.63, 3.8) is 0 Å². The van der Waals surface area contributed by atoms with Gasteiger partial charge in [-0.25, -0.2) is 4.98 Å². The largest absolute Gasteiger partial charge is 0.494 e. The minimum absolute atomic E-state index is 0.188. The van der Waals surface area contributed by atoms with E-state index in [0.29, 0.717) is 5.03 Å². The number of aromatic nitrogens is 2. The van der Waals surface area contributed by atoms with E-state index in [9.17, 15) is 15.0 Å². The van der Waals surface area contributed by atoms with Gasteiger partial charge < -0.3 is 15.3 Å². The molecule has 0 aliphatic heterocycles. The molecule has 6 nitrogen and oxygen atoms in total. The smallest absolute Gasteiger partial charge is 0.306 e. The molecule has 1 atom stereocenters. The molecule has 0 radical (unpaired) electrons. The standard InChI is InChI=1S/C12H12N2O4S/c15-9-4-5-10(16)14(9)11(7-12(17)18)19-8-3-1-2-6-13-8/h1-6,11,15-16H,7H2,(H,17,18). The number of carboxylic acid groups (broad SMARTS) is 1. The number of carbonyl (C=O) groups is 1. The number of hydrogen-bond acceptors (Lipinski definition) is 5. The quantitative estimate of drug-likeness (QED) is 0.725. The van der Waals surface area contributed by atoms with Crippen LogP contribution in [0.5, 0.6) is 11.8 Å². The molecule has 0 bridgehead atoms. The molecule has 3 N–H and O–H groups in total. The normalized spacial score (nSPS) is 12.2. The van der Waals surface area contributed by atoms with Gasteiger partial charge in [0.2, 0.25) is 0 Å². The van der Waals surface area contributed by atoms with Crippen LogP contribution in [0.25, 0.3) is 0 Å². The molecule has 2 aromatic heterocycles. The van der Waals surface area contributed by atoms with E-state index in [-0.39, 0.29) is 18.2 Å². The number of carboxylic acids is 1. The van der Waals surface area contributed by atoms with Crippen LogP contribution in [-0.4, -0.2) is 30.8 Å². The van der Waals surface area contributed by atoms with Gasteiger partial charge in [0.25, 0.3) is 0 Å². The first-order valence-electron chi connectivity index (χ1n) is 5.46. The summed E-state index contributed by atoms with van der Waals surface area (Å²) in [6.45, 7) is 0. The second kappa shape index (κ2) is 5.66. The SMILES string of the molecule is O=C(O)CC(Sc1ccccn1)n1c(O)ccc1O. The highest BCUT2D eigenvalue weighted by Crippen LogP contribution is 2.38. The molecule has 0 saturated heterocycles. The Bertz CT molecular complexity index is 551. The molecule has 0 spiro atoms. The van der Waals surface area contributed by atoms with E-state index in [2.05, 4.69) is 4.98 Å². The van der Waals surface area contributed by atoms with Gasteiger partial charge in [-0.1, -0.05) is 17.8 Å². The van der Waals surface area contributed by atoms with Crippen LogP contribution in [0, 0.1) is 0 Å². The summed E-state index contributed by atoms with van der Waals surface area (Å²) >= 11 is 1.15. The fourth-order valence-electron chi connectivity index (χ4n) is 1.61. The Hall–Kier alpha value is -2.15. The Morgan fingerprint density at radius 2 is 1.95 bits per heavy atom. The lowest BCUT2D eigenvalue weighted by atomic mass is 10.4. The van der Waals surface area contributed by atoms with Gasteiger partial charge in [0.05, 0.1) is 11.4 Å². The zero-order valence-corrected chi connectivity index (χ0v) is 10.6. The van der Waals surface area contributed by atoms with Crippen LogP contribution in [0.15, 0.2) is 41.6 Å². The Morgan fingerprint density at radius 1 is 1.26 bits per heavy atom. The summed E-state index contributed by atoms with van der Waals surface area (Å²) in [5.74, 6) is -1.40. The number of aromatic hydroxyl groups is 2. The topological polar surface area (TPSA) is 95.6 Å². The molecule has 7 heteroatoms. The lowest BCUT2D eigenvalue weighted by Crippen LogP contribution is -2.10. The molecule has 0 amide bonds. The monoisotopic (exact) mass is 280 g/mol. The van der Waals surface area contributed by atoms with E-state index >= 15 is 0 Å². The van der Waals surface area contributed by atoms with Crippen LogP contribution >= 0.6 is 11.8 Å². The third-order valence-electron chi connectivity index (χ3n) is 2.41. The predicted octanol–water partition coefficient (Wildman–Crippen LogP) is 2.06. The zero-order valence-electron chi connectivity index (χ0n) is 9.80. The molecule has 0 fully saturated rings. The predicted molar refractivity (Wildman–Crippen MR) is 69.1 cm³/mol. The molecule has 2 heterocycles. The number of pyridine rings is 1. The molecular weight excluding hydrogens is 268 g/mol. The van der Waals surface area contributed by atoms with E-state index in [4.69, 9.17) is 5.11 Å². The number of thioether (sulfide) groups is 1. The molecule has 0 aliphatic carbocycles. The summed E-state index contributed by atoms with van der Waals surface area (Å²) in [6, 6.07) is 7.88. The molecule has 1 unspecified atom stereocenters. The average Bonchev–Trinajstić information content (AvgIpc) is 2.69. The minimum Gasteiger partial charge on any atom is -0.494 e. The first kappa shape index (κ1) is 13.3. The highest BCUT2D eigenvalue weighted by atomic mass is 32.2. The van der Waals surface area contributed by atoms with E-state index in [1.165, 1.54) is 12.1 Å². The summed E-state index contributed by atoms with van der Waals surface area (Å²) in [5, 5.41) is 28.2. The highest BCUT2D eigenvalue weighted by molar-refractivity contribution is 7.99. The molecule has 19 heavy (non-hydrogen) atoms. The minimum atomic E-state index is -1.03. The number of rotatable bonds is 5. The Morgan fingerprint density at radius 3 is 2.47 bits per heavy atom. The molecule has 0 aliphatic rings. The molecule has 100 valence electrons. The maximum absolute atomic E-state index is 10.9. The van der Waals surface area contributed by atoms with Gasteiger partial charge in [0.1, 0.15) is 5.37 Å². The van der Waals surface area contributed by atoms with Crippen LogP contribution in [0.4, 0.5) is 0 Å². The molecule has 2 rings (SSSR count). The molecule has 0 saturated carbocycles. The Labute approximate surface area is 113 Å². The van der Waals surface area contributed by atoms with E-state index in [0.717, 1.165) is 16.3 Å². The summed E-state index contributed by atoms with van der Waals surface area (Å²) in [7, 11) is 0. The zero-order chi connectivity index (χ0) is 13.8. The average molecular weight is 280 g/mol. The van der Waals surface area contributed by atoms with Gasteiger partial charge in [-0.2, -0.15) is 0 Å². The summed E-state index contributed by atoms with van der Waals surface area (Å²) < 4.78 is 1.16. The van der Waals surface area contributed by atoms with Crippen molar-refractivity contribution in [3.05, 3.63) is 36.5 Å². The second-order valence-corrected chi connectivity index (χ2v) is 4.96. The van der Waals surface area contributed by atoms with E-state index < -0.39 is 11.3 Å². The van der Waals surface area contributed by atoms with Crippen molar-refractivity contribution in [1.29, 1.82) is 0 Å². The van der Waals surface area contributed by atoms with Crippen molar-refractivity contribution in [2.45, 2.75) is 16.8 Å². The van der Waals surface area contributed by atoms with Crippen molar-refractivity contribution in [2.75, 3.05) is 0 Å². The maximum atomic E-state index is 10.9.